The average molecular weight is 226 g/mol. The van der Waals surface area contributed by atoms with Gasteiger partial charge in [0.2, 0.25) is 5.91 Å². The summed E-state index contributed by atoms with van der Waals surface area (Å²) >= 11 is 0. The van der Waals surface area contributed by atoms with Gasteiger partial charge in [0.25, 0.3) is 0 Å². The second-order valence-electron chi connectivity index (χ2n) is 5.55. The Morgan fingerprint density at radius 2 is 2.12 bits per heavy atom. The summed E-state index contributed by atoms with van der Waals surface area (Å²) in [6.45, 7) is 6.96. The molecule has 1 aliphatic carbocycles. The molecule has 0 aromatic heterocycles. The number of rotatable bonds is 5. The van der Waals surface area contributed by atoms with Gasteiger partial charge in [-0.25, -0.2) is 0 Å². The van der Waals surface area contributed by atoms with Crippen LogP contribution in [-0.4, -0.2) is 30.4 Å². The number of nitrogens with two attached hydrogens (primary N) is 1. The van der Waals surface area contributed by atoms with Crippen LogP contribution in [0.1, 0.15) is 46.5 Å². The van der Waals surface area contributed by atoms with Gasteiger partial charge in [0, 0.05) is 19.6 Å². The summed E-state index contributed by atoms with van der Waals surface area (Å²) in [7, 11) is 1.92. The average Bonchev–Trinajstić information content (AvgIpc) is 2.22. The minimum Gasteiger partial charge on any atom is -0.343 e. The van der Waals surface area contributed by atoms with Gasteiger partial charge in [-0.05, 0) is 32.1 Å². The molecule has 1 unspecified atom stereocenters. The summed E-state index contributed by atoms with van der Waals surface area (Å²) in [5.41, 5.74) is 5.56. The van der Waals surface area contributed by atoms with Crippen molar-refractivity contribution in [2.24, 2.45) is 17.1 Å². The highest BCUT2D eigenvalue weighted by Gasteiger charge is 2.48. The van der Waals surface area contributed by atoms with E-state index in [4.69, 9.17) is 5.73 Å². The number of amides is 1. The Morgan fingerprint density at radius 1 is 1.56 bits per heavy atom. The number of carbonyl (C=O) groups is 1. The number of hydrogen-bond acceptors (Lipinski definition) is 2. The first-order chi connectivity index (χ1) is 7.46. The Balaban J connectivity index is 2.62. The van der Waals surface area contributed by atoms with Crippen molar-refractivity contribution in [1.29, 1.82) is 0 Å². The maximum atomic E-state index is 12.4. The van der Waals surface area contributed by atoms with Gasteiger partial charge >= 0.3 is 0 Å². The van der Waals surface area contributed by atoms with Crippen LogP contribution in [0.15, 0.2) is 0 Å². The van der Waals surface area contributed by atoms with Gasteiger partial charge in [-0.2, -0.15) is 0 Å². The Labute approximate surface area is 99.4 Å². The molecule has 1 aliphatic rings. The fourth-order valence-electron chi connectivity index (χ4n) is 2.89. The zero-order valence-corrected chi connectivity index (χ0v) is 11.1. The Kier molecular flexibility index (Phi) is 4.36. The van der Waals surface area contributed by atoms with Crippen molar-refractivity contribution in [3.63, 3.8) is 0 Å². The largest absolute Gasteiger partial charge is 0.343 e. The lowest BCUT2D eigenvalue weighted by Crippen LogP contribution is -2.55. The van der Waals surface area contributed by atoms with Crippen molar-refractivity contribution >= 4 is 5.91 Å². The molecule has 3 nitrogen and oxygen atoms in total. The highest BCUT2D eigenvalue weighted by atomic mass is 16.2. The lowest BCUT2D eigenvalue weighted by molar-refractivity contribution is -0.150. The smallest absolute Gasteiger partial charge is 0.230 e. The fourth-order valence-corrected chi connectivity index (χ4v) is 2.89. The maximum absolute atomic E-state index is 12.4. The first-order valence-corrected chi connectivity index (χ1v) is 6.44. The highest BCUT2D eigenvalue weighted by Crippen LogP contribution is 2.46. The molecule has 0 heterocycles. The van der Waals surface area contributed by atoms with E-state index in [1.54, 1.807) is 0 Å². The molecule has 1 fully saturated rings. The summed E-state index contributed by atoms with van der Waals surface area (Å²) < 4.78 is 0. The quantitative estimate of drug-likeness (QED) is 0.779. The van der Waals surface area contributed by atoms with Gasteiger partial charge in [0.1, 0.15) is 0 Å². The van der Waals surface area contributed by atoms with E-state index in [2.05, 4.69) is 20.8 Å². The normalized spacial score (nSPS) is 30.7. The Bertz CT molecular complexity index is 246. The van der Waals surface area contributed by atoms with Crippen LogP contribution in [0.2, 0.25) is 0 Å². The van der Waals surface area contributed by atoms with E-state index in [1.165, 1.54) is 0 Å². The van der Waals surface area contributed by atoms with Crippen molar-refractivity contribution in [2.45, 2.75) is 52.5 Å². The van der Waals surface area contributed by atoms with E-state index < -0.39 is 0 Å². The topological polar surface area (TPSA) is 46.3 Å². The second kappa shape index (κ2) is 5.17. The molecular weight excluding hydrogens is 200 g/mol. The first-order valence-electron chi connectivity index (χ1n) is 6.44. The lowest BCUT2D eigenvalue weighted by atomic mass is 9.61. The summed E-state index contributed by atoms with van der Waals surface area (Å²) in [6.07, 6.45) is 4.11. The molecule has 2 N–H and O–H groups in total. The summed E-state index contributed by atoms with van der Waals surface area (Å²) in [5, 5.41) is 0. The lowest BCUT2D eigenvalue weighted by Gasteiger charge is -2.47. The van der Waals surface area contributed by atoms with Gasteiger partial charge in [-0.3, -0.25) is 4.79 Å². The van der Waals surface area contributed by atoms with Crippen LogP contribution in [0.25, 0.3) is 0 Å². The highest BCUT2D eigenvalue weighted by molar-refractivity contribution is 5.84. The molecule has 0 aromatic rings. The maximum Gasteiger partial charge on any atom is 0.230 e. The van der Waals surface area contributed by atoms with Crippen LogP contribution in [0.3, 0.4) is 0 Å². The molecule has 1 rings (SSSR count). The minimum atomic E-state index is -0.240. The molecule has 0 aliphatic heterocycles. The molecule has 0 aromatic carbocycles. The van der Waals surface area contributed by atoms with Crippen molar-refractivity contribution in [2.75, 3.05) is 13.6 Å². The van der Waals surface area contributed by atoms with Crippen LogP contribution in [-0.2, 0) is 4.79 Å². The zero-order valence-electron chi connectivity index (χ0n) is 11.1. The molecule has 0 saturated heterocycles. The molecule has 1 atom stereocenters. The third-order valence-corrected chi connectivity index (χ3v) is 4.01. The van der Waals surface area contributed by atoms with Gasteiger partial charge < -0.3 is 10.6 Å². The third kappa shape index (κ3) is 2.40. The van der Waals surface area contributed by atoms with E-state index in [0.29, 0.717) is 18.5 Å². The van der Waals surface area contributed by atoms with Gasteiger partial charge in [0.05, 0.1) is 5.41 Å². The molecule has 0 spiro atoms. The van der Waals surface area contributed by atoms with Crippen LogP contribution in [0.5, 0.6) is 0 Å². The van der Waals surface area contributed by atoms with Crippen molar-refractivity contribution in [3.05, 3.63) is 0 Å². The van der Waals surface area contributed by atoms with E-state index in [1.807, 2.05) is 11.9 Å². The molecule has 1 amide bonds. The SMILES string of the molecule is CCCC(C)N(C)C(=O)C1(CN)CC(C)C1. The molecule has 16 heavy (non-hydrogen) atoms. The predicted octanol–water partition coefficient (Wildman–Crippen LogP) is 2.01. The monoisotopic (exact) mass is 226 g/mol. The molecule has 0 radical (unpaired) electrons. The Morgan fingerprint density at radius 3 is 2.50 bits per heavy atom. The minimum absolute atomic E-state index is 0.240. The molecular formula is C13H26N2O. The van der Waals surface area contributed by atoms with Crippen LogP contribution < -0.4 is 5.73 Å². The molecule has 3 heteroatoms. The van der Waals surface area contributed by atoms with Gasteiger partial charge in [0.15, 0.2) is 0 Å². The molecule has 94 valence electrons. The van der Waals surface area contributed by atoms with E-state index in [-0.39, 0.29) is 11.3 Å². The van der Waals surface area contributed by atoms with Gasteiger partial charge in [-0.1, -0.05) is 20.3 Å². The third-order valence-electron chi connectivity index (χ3n) is 4.01. The van der Waals surface area contributed by atoms with Crippen molar-refractivity contribution in [3.8, 4) is 0 Å². The number of carbonyl (C=O) groups excluding carboxylic acids is 1. The number of nitrogens with zero attached hydrogens (tertiary/aromatic N) is 1. The first kappa shape index (κ1) is 13.5. The summed E-state index contributed by atoms with van der Waals surface area (Å²) in [4.78, 5) is 14.3. The fraction of sp³-hybridized carbons (Fsp3) is 0.923. The van der Waals surface area contributed by atoms with Crippen molar-refractivity contribution < 1.29 is 4.79 Å². The Hall–Kier alpha value is -0.570. The summed E-state index contributed by atoms with van der Waals surface area (Å²) in [5.74, 6) is 0.913. The van der Waals surface area contributed by atoms with Crippen LogP contribution in [0, 0.1) is 11.3 Å². The standard InChI is InChI=1S/C13H26N2O/c1-5-6-11(3)15(4)12(16)13(9-14)7-10(2)8-13/h10-11H,5-9,14H2,1-4H3. The second-order valence-corrected chi connectivity index (χ2v) is 5.55. The summed E-state index contributed by atoms with van der Waals surface area (Å²) in [6, 6.07) is 0.330. The van der Waals surface area contributed by atoms with Gasteiger partial charge in [-0.15, -0.1) is 0 Å². The van der Waals surface area contributed by atoms with E-state index in [0.717, 1.165) is 25.7 Å². The zero-order chi connectivity index (χ0) is 12.3. The van der Waals surface area contributed by atoms with E-state index >= 15 is 0 Å². The predicted molar refractivity (Wildman–Crippen MR) is 67.0 cm³/mol. The van der Waals surface area contributed by atoms with E-state index in [9.17, 15) is 4.79 Å². The van der Waals surface area contributed by atoms with Crippen LogP contribution >= 0.6 is 0 Å². The molecule has 0 bridgehead atoms. The number of hydrogen-bond donors (Lipinski definition) is 1. The van der Waals surface area contributed by atoms with Crippen molar-refractivity contribution in [1.82, 2.24) is 4.90 Å². The van der Waals surface area contributed by atoms with Crippen LogP contribution in [0.4, 0.5) is 0 Å². The molecule has 1 saturated carbocycles.